The molecule has 2 aromatic heterocycles. The minimum atomic E-state index is -0.0340. The molecule has 2 aliphatic heterocycles. The number of nitrogens with zero attached hydrogens (tertiary/aromatic N) is 4. The van der Waals surface area contributed by atoms with E-state index in [1.807, 2.05) is 4.90 Å². The minimum absolute atomic E-state index is 0.0340. The monoisotopic (exact) mass is 314 g/mol. The third-order valence-corrected chi connectivity index (χ3v) is 4.32. The Morgan fingerprint density at radius 2 is 2.09 bits per heavy atom. The normalized spacial score (nSPS) is 21.0. The zero-order valence-corrected chi connectivity index (χ0v) is 12.8. The lowest BCUT2D eigenvalue weighted by Crippen LogP contribution is -2.28. The van der Waals surface area contributed by atoms with Gasteiger partial charge in [0.2, 0.25) is 0 Å². The van der Waals surface area contributed by atoms with Gasteiger partial charge >= 0.3 is 0 Å². The second kappa shape index (κ2) is 6.08. The topological polar surface area (TPSA) is 81.3 Å². The molecule has 7 heteroatoms. The van der Waals surface area contributed by atoms with Gasteiger partial charge in [-0.05, 0) is 31.4 Å². The van der Waals surface area contributed by atoms with Gasteiger partial charge in [-0.25, -0.2) is 4.98 Å². The fourth-order valence-electron chi connectivity index (χ4n) is 3.00. The van der Waals surface area contributed by atoms with E-state index < -0.39 is 0 Å². The summed E-state index contributed by atoms with van der Waals surface area (Å²) in [5.74, 6) is 1.15. The predicted octanol–water partition coefficient (Wildman–Crippen LogP) is 1.87. The first kappa shape index (κ1) is 14.3. The Morgan fingerprint density at radius 1 is 1.22 bits per heavy atom. The van der Waals surface area contributed by atoms with E-state index in [4.69, 9.17) is 9.26 Å². The van der Waals surface area contributed by atoms with E-state index >= 15 is 0 Å². The van der Waals surface area contributed by atoms with Crippen molar-refractivity contribution >= 4 is 5.91 Å². The number of hydrogen-bond donors (Lipinski definition) is 0. The van der Waals surface area contributed by atoms with Gasteiger partial charge < -0.3 is 14.2 Å². The fourth-order valence-corrected chi connectivity index (χ4v) is 3.00. The lowest BCUT2D eigenvalue weighted by molar-refractivity contribution is 0.0787. The van der Waals surface area contributed by atoms with Gasteiger partial charge in [0.05, 0.1) is 6.61 Å². The van der Waals surface area contributed by atoms with Crippen LogP contribution in [-0.4, -0.2) is 52.2 Å². The molecule has 2 aromatic rings. The molecule has 120 valence electrons. The fraction of sp³-hybridized carbons (Fsp3) is 0.500. The molecule has 4 rings (SSSR count). The molecule has 2 aliphatic rings. The average molecular weight is 314 g/mol. The van der Waals surface area contributed by atoms with Crippen molar-refractivity contribution in [3.05, 3.63) is 29.7 Å². The van der Waals surface area contributed by atoms with Crippen LogP contribution in [0, 0.1) is 0 Å². The van der Waals surface area contributed by atoms with E-state index in [2.05, 4.69) is 15.1 Å². The Balaban J connectivity index is 1.57. The number of pyridine rings is 1. The largest absolute Gasteiger partial charge is 0.381 e. The predicted molar refractivity (Wildman–Crippen MR) is 80.8 cm³/mol. The number of rotatable bonds is 3. The highest BCUT2D eigenvalue weighted by Crippen LogP contribution is 2.25. The Labute approximate surface area is 133 Å². The highest BCUT2D eigenvalue weighted by Gasteiger charge is 2.25. The number of likely N-dealkylation sites (tertiary alicyclic amines) is 1. The minimum Gasteiger partial charge on any atom is -0.381 e. The van der Waals surface area contributed by atoms with E-state index in [1.165, 1.54) is 0 Å². The Kier molecular flexibility index (Phi) is 3.78. The molecule has 1 unspecified atom stereocenters. The van der Waals surface area contributed by atoms with Gasteiger partial charge in [0.25, 0.3) is 11.8 Å². The second-order valence-electron chi connectivity index (χ2n) is 5.93. The van der Waals surface area contributed by atoms with Crippen molar-refractivity contribution in [2.24, 2.45) is 0 Å². The van der Waals surface area contributed by atoms with E-state index in [0.717, 1.165) is 39.0 Å². The Morgan fingerprint density at radius 3 is 2.87 bits per heavy atom. The molecule has 4 heterocycles. The maximum absolute atomic E-state index is 12.4. The number of hydrogen-bond acceptors (Lipinski definition) is 6. The zero-order chi connectivity index (χ0) is 15.6. The van der Waals surface area contributed by atoms with Crippen molar-refractivity contribution in [3.8, 4) is 11.6 Å². The van der Waals surface area contributed by atoms with Crippen molar-refractivity contribution < 1.29 is 14.1 Å². The molecule has 1 amide bonds. The number of amides is 1. The van der Waals surface area contributed by atoms with Crippen LogP contribution in [0.25, 0.3) is 11.6 Å². The second-order valence-corrected chi connectivity index (χ2v) is 5.93. The van der Waals surface area contributed by atoms with Gasteiger partial charge in [0.1, 0.15) is 11.4 Å². The Hall–Kier alpha value is -2.28. The van der Waals surface area contributed by atoms with Crippen LogP contribution in [-0.2, 0) is 4.74 Å². The summed E-state index contributed by atoms with van der Waals surface area (Å²) in [4.78, 5) is 23.1. The molecule has 2 fully saturated rings. The van der Waals surface area contributed by atoms with Crippen molar-refractivity contribution in [2.75, 3.05) is 26.3 Å². The molecule has 7 nitrogen and oxygen atoms in total. The quantitative estimate of drug-likeness (QED) is 0.860. The van der Waals surface area contributed by atoms with Crippen molar-refractivity contribution in [1.82, 2.24) is 20.0 Å². The maximum Gasteiger partial charge on any atom is 0.276 e. The van der Waals surface area contributed by atoms with E-state index in [0.29, 0.717) is 29.7 Å². The molecule has 0 spiro atoms. The van der Waals surface area contributed by atoms with Gasteiger partial charge in [0.15, 0.2) is 5.82 Å². The van der Waals surface area contributed by atoms with E-state index in [1.54, 1.807) is 18.2 Å². The molecule has 23 heavy (non-hydrogen) atoms. The summed E-state index contributed by atoms with van der Waals surface area (Å²) in [5, 5.41) is 4.03. The summed E-state index contributed by atoms with van der Waals surface area (Å²) in [6.07, 6.45) is 3.02. The lowest BCUT2D eigenvalue weighted by Gasteiger charge is -2.14. The van der Waals surface area contributed by atoms with Crippen molar-refractivity contribution in [3.63, 3.8) is 0 Å². The van der Waals surface area contributed by atoms with Crippen LogP contribution in [0.5, 0.6) is 0 Å². The van der Waals surface area contributed by atoms with Crippen LogP contribution in [0.15, 0.2) is 22.7 Å². The molecule has 0 aromatic carbocycles. The van der Waals surface area contributed by atoms with Gasteiger partial charge in [-0.15, -0.1) is 0 Å². The molecule has 0 saturated carbocycles. The maximum atomic E-state index is 12.4. The van der Waals surface area contributed by atoms with Crippen molar-refractivity contribution in [1.29, 1.82) is 0 Å². The van der Waals surface area contributed by atoms with Gasteiger partial charge in [-0.2, -0.15) is 4.98 Å². The number of ether oxygens (including phenoxy) is 1. The molecular weight excluding hydrogens is 296 g/mol. The van der Waals surface area contributed by atoms with Crippen LogP contribution >= 0.6 is 0 Å². The first-order chi connectivity index (χ1) is 11.3. The third-order valence-electron chi connectivity index (χ3n) is 4.32. The highest BCUT2D eigenvalue weighted by molar-refractivity contribution is 5.92. The van der Waals surface area contributed by atoms with Gasteiger partial charge in [0, 0.05) is 25.6 Å². The van der Waals surface area contributed by atoms with Crippen LogP contribution in [0.2, 0.25) is 0 Å². The first-order valence-corrected chi connectivity index (χ1v) is 7.99. The third kappa shape index (κ3) is 2.84. The SMILES string of the molecule is O=C(c1cccc(-c2nc(C3CCOC3)no2)n1)N1CCCC1. The van der Waals surface area contributed by atoms with E-state index in [-0.39, 0.29) is 11.8 Å². The first-order valence-electron chi connectivity index (χ1n) is 7.99. The van der Waals surface area contributed by atoms with Crippen molar-refractivity contribution in [2.45, 2.75) is 25.2 Å². The summed E-state index contributed by atoms with van der Waals surface area (Å²) < 4.78 is 10.7. The van der Waals surface area contributed by atoms with Crippen LogP contribution in [0.1, 0.15) is 41.5 Å². The molecular formula is C16H18N4O3. The van der Waals surface area contributed by atoms with E-state index in [9.17, 15) is 4.79 Å². The number of carbonyl (C=O) groups is 1. The van der Waals surface area contributed by atoms with Gasteiger partial charge in [-0.1, -0.05) is 11.2 Å². The summed E-state index contributed by atoms with van der Waals surface area (Å²) in [7, 11) is 0. The lowest BCUT2D eigenvalue weighted by atomic mass is 10.1. The molecule has 0 N–H and O–H groups in total. The molecule has 2 saturated heterocycles. The van der Waals surface area contributed by atoms with Crippen LogP contribution in [0.4, 0.5) is 0 Å². The van der Waals surface area contributed by atoms with Crippen LogP contribution < -0.4 is 0 Å². The standard InChI is InChI=1S/C16H18N4O3/c21-16(20-7-1-2-8-20)13-5-3-4-12(17-13)15-18-14(19-23-15)11-6-9-22-10-11/h3-5,11H,1-2,6-10H2. The molecule has 1 atom stereocenters. The number of aromatic nitrogens is 3. The zero-order valence-electron chi connectivity index (χ0n) is 12.8. The summed E-state index contributed by atoms with van der Waals surface area (Å²) in [5.41, 5.74) is 0.959. The average Bonchev–Trinajstić information content (AvgIpc) is 3.36. The summed E-state index contributed by atoms with van der Waals surface area (Å²) >= 11 is 0. The smallest absolute Gasteiger partial charge is 0.276 e. The summed E-state index contributed by atoms with van der Waals surface area (Å²) in [6, 6.07) is 5.31. The van der Waals surface area contributed by atoms with Gasteiger partial charge in [-0.3, -0.25) is 4.79 Å². The Bertz CT molecular complexity index is 703. The molecule has 0 aliphatic carbocycles. The molecule has 0 bridgehead atoms. The number of carbonyl (C=O) groups excluding carboxylic acids is 1. The van der Waals surface area contributed by atoms with Crippen LogP contribution in [0.3, 0.4) is 0 Å². The highest BCUT2D eigenvalue weighted by atomic mass is 16.5. The summed E-state index contributed by atoms with van der Waals surface area (Å²) in [6.45, 7) is 2.96. The molecule has 0 radical (unpaired) electrons.